The number of unbranched alkanes of at least 4 members (excludes halogenated alkanes) is 1. The number of carbonyl (C=O) groups excluding carboxylic acids is 2. The van der Waals surface area contributed by atoms with Gasteiger partial charge in [0.2, 0.25) is 0 Å². The molecule has 0 fully saturated rings. The molecule has 0 aromatic heterocycles. The number of hydrogen-bond donors (Lipinski definition) is 0. The van der Waals surface area contributed by atoms with Gasteiger partial charge in [-0.3, -0.25) is 9.59 Å². The second-order valence-corrected chi connectivity index (χ2v) is 5.21. The highest BCUT2D eigenvalue weighted by Crippen LogP contribution is 2.00. The van der Waals surface area contributed by atoms with Crippen LogP contribution in [0.5, 0.6) is 0 Å². The molecule has 130 valence electrons. The normalized spacial score (nSPS) is 10.9. The highest BCUT2D eigenvalue weighted by molar-refractivity contribution is 5.96. The molecule has 0 aromatic rings. The average molecular weight is 318 g/mol. The minimum absolute atomic E-state index is 0.111. The van der Waals surface area contributed by atoms with Crippen LogP contribution in [0.25, 0.3) is 0 Å². The smallest absolute Gasteiger partial charge is 0.313 e. The molecule has 0 amide bonds. The Kier molecular flexibility index (Phi) is 14.3. The number of esters is 1. The van der Waals surface area contributed by atoms with E-state index in [4.69, 9.17) is 18.9 Å². The maximum Gasteiger partial charge on any atom is 0.313 e. The van der Waals surface area contributed by atoms with Crippen LogP contribution in [-0.2, 0) is 28.5 Å². The third-order valence-electron chi connectivity index (χ3n) is 2.84. The minimum Gasteiger partial charge on any atom is -0.463 e. The lowest BCUT2D eigenvalue weighted by Gasteiger charge is -2.08. The first-order valence-corrected chi connectivity index (χ1v) is 7.99. The van der Waals surface area contributed by atoms with E-state index in [9.17, 15) is 9.59 Å². The van der Waals surface area contributed by atoms with Gasteiger partial charge in [-0.25, -0.2) is 0 Å². The Morgan fingerprint density at radius 2 is 1.32 bits per heavy atom. The highest BCUT2D eigenvalue weighted by Gasteiger charge is 2.13. The Labute approximate surface area is 133 Å². The summed E-state index contributed by atoms with van der Waals surface area (Å²) in [5.41, 5.74) is 0. The second-order valence-electron chi connectivity index (χ2n) is 5.21. The van der Waals surface area contributed by atoms with Gasteiger partial charge < -0.3 is 18.9 Å². The molecule has 0 N–H and O–H groups in total. The van der Waals surface area contributed by atoms with Crippen molar-refractivity contribution >= 4 is 11.8 Å². The summed E-state index contributed by atoms with van der Waals surface area (Å²) < 4.78 is 20.8. The lowest BCUT2D eigenvalue weighted by Crippen LogP contribution is -2.18. The summed E-state index contributed by atoms with van der Waals surface area (Å²) in [5.74, 6) is -0.754. The van der Waals surface area contributed by atoms with Crippen LogP contribution in [0.4, 0.5) is 0 Å². The van der Waals surface area contributed by atoms with Crippen molar-refractivity contribution in [3.05, 3.63) is 0 Å². The Hall–Kier alpha value is -0.980. The second kappa shape index (κ2) is 14.9. The maximum atomic E-state index is 11.3. The molecule has 0 unspecified atom stereocenters. The van der Waals surface area contributed by atoms with Crippen LogP contribution < -0.4 is 0 Å². The summed E-state index contributed by atoms with van der Waals surface area (Å²) in [6, 6.07) is 0. The van der Waals surface area contributed by atoms with Crippen molar-refractivity contribution in [2.75, 3.05) is 46.2 Å². The molecular formula is C16H30O6. The predicted molar refractivity (Wildman–Crippen MR) is 82.8 cm³/mol. The fourth-order valence-electron chi connectivity index (χ4n) is 1.40. The molecule has 0 saturated heterocycles. The quantitative estimate of drug-likeness (QED) is 0.261. The van der Waals surface area contributed by atoms with E-state index in [2.05, 4.69) is 6.92 Å². The molecule has 0 rings (SSSR count). The predicted octanol–water partition coefficient (Wildman–Crippen LogP) is 1.99. The van der Waals surface area contributed by atoms with E-state index in [1.165, 1.54) is 0 Å². The van der Waals surface area contributed by atoms with Gasteiger partial charge in [-0.05, 0) is 6.42 Å². The number of rotatable bonds is 15. The summed E-state index contributed by atoms with van der Waals surface area (Å²) in [6.45, 7) is 8.95. The third-order valence-corrected chi connectivity index (χ3v) is 2.84. The average Bonchev–Trinajstić information content (AvgIpc) is 2.48. The lowest BCUT2D eigenvalue weighted by atomic mass is 10.1. The van der Waals surface area contributed by atoms with Gasteiger partial charge in [-0.1, -0.05) is 27.2 Å². The van der Waals surface area contributed by atoms with Crippen LogP contribution in [0.1, 0.15) is 40.0 Å². The van der Waals surface area contributed by atoms with Crippen LogP contribution in [0, 0.1) is 5.92 Å². The molecule has 22 heavy (non-hydrogen) atoms. The third kappa shape index (κ3) is 14.0. The van der Waals surface area contributed by atoms with Crippen molar-refractivity contribution in [1.29, 1.82) is 0 Å². The molecule has 6 nitrogen and oxygen atoms in total. The fraction of sp³-hybridized carbons (Fsp3) is 0.875. The summed E-state index contributed by atoms with van der Waals surface area (Å²) >= 11 is 0. The molecule has 0 radical (unpaired) electrons. The largest absolute Gasteiger partial charge is 0.463 e. The van der Waals surface area contributed by atoms with Crippen LogP contribution in [0.3, 0.4) is 0 Å². The van der Waals surface area contributed by atoms with Gasteiger partial charge in [0.1, 0.15) is 18.8 Å². The zero-order valence-corrected chi connectivity index (χ0v) is 14.1. The molecule has 0 aliphatic rings. The SMILES string of the molecule is CCCCOCCOCCOCCOC(=O)CC(=O)C(C)C. The molecule has 0 atom stereocenters. The van der Waals surface area contributed by atoms with Gasteiger partial charge in [0.25, 0.3) is 0 Å². The van der Waals surface area contributed by atoms with E-state index in [0.717, 1.165) is 19.4 Å². The standard InChI is InChI=1S/C16H30O6/c1-4-5-6-19-7-8-20-9-10-21-11-12-22-16(18)13-15(17)14(2)3/h14H,4-13H2,1-3H3. The lowest BCUT2D eigenvalue weighted by molar-refractivity contribution is -0.148. The molecule has 0 aromatic carbocycles. The summed E-state index contributed by atoms with van der Waals surface area (Å²) in [4.78, 5) is 22.6. The molecule has 0 aliphatic carbocycles. The minimum atomic E-state index is -0.497. The summed E-state index contributed by atoms with van der Waals surface area (Å²) in [6.07, 6.45) is 2.04. The van der Waals surface area contributed by atoms with E-state index in [1.807, 2.05) is 0 Å². The van der Waals surface area contributed by atoms with Gasteiger partial charge in [0.15, 0.2) is 0 Å². The van der Waals surface area contributed by atoms with Crippen molar-refractivity contribution < 1.29 is 28.5 Å². The van der Waals surface area contributed by atoms with E-state index in [1.54, 1.807) is 13.8 Å². The van der Waals surface area contributed by atoms with Crippen molar-refractivity contribution in [1.82, 2.24) is 0 Å². The number of hydrogen-bond acceptors (Lipinski definition) is 6. The van der Waals surface area contributed by atoms with Gasteiger partial charge in [-0.2, -0.15) is 0 Å². The van der Waals surface area contributed by atoms with E-state index in [-0.39, 0.29) is 24.7 Å². The Morgan fingerprint density at radius 1 is 0.818 bits per heavy atom. The van der Waals surface area contributed by atoms with Crippen molar-refractivity contribution in [3.63, 3.8) is 0 Å². The van der Waals surface area contributed by atoms with Gasteiger partial charge >= 0.3 is 5.97 Å². The van der Waals surface area contributed by atoms with Gasteiger partial charge in [0, 0.05) is 12.5 Å². The van der Waals surface area contributed by atoms with Crippen LogP contribution in [0.15, 0.2) is 0 Å². The first kappa shape index (κ1) is 21.0. The zero-order chi connectivity index (χ0) is 16.6. The number of carbonyl (C=O) groups is 2. The molecule has 0 aliphatic heterocycles. The molecule has 6 heteroatoms. The van der Waals surface area contributed by atoms with Crippen molar-refractivity contribution in [2.45, 2.75) is 40.0 Å². The molecule has 0 heterocycles. The van der Waals surface area contributed by atoms with Crippen molar-refractivity contribution in [3.8, 4) is 0 Å². The first-order valence-electron chi connectivity index (χ1n) is 7.99. The molecular weight excluding hydrogens is 288 g/mol. The fourth-order valence-corrected chi connectivity index (χ4v) is 1.40. The molecule has 0 spiro atoms. The number of ether oxygens (including phenoxy) is 4. The number of ketones is 1. The summed E-state index contributed by atoms with van der Waals surface area (Å²) in [5, 5.41) is 0. The molecule has 0 saturated carbocycles. The van der Waals surface area contributed by atoms with E-state index < -0.39 is 5.97 Å². The summed E-state index contributed by atoms with van der Waals surface area (Å²) in [7, 11) is 0. The van der Waals surface area contributed by atoms with Gasteiger partial charge in [-0.15, -0.1) is 0 Å². The Morgan fingerprint density at radius 3 is 1.82 bits per heavy atom. The zero-order valence-electron chi connectivity index (χ0n) is 14.1. The van der Waals surface area contributed by atoms with Crippen LogP contribution in [0.2, 0.25) is 0 Å². The maximum absolute atomic E-state index is 11.3. The van der Waals surface area contributed by atoms with Crippen LogP contribution in [-0.4, -0.2) is 58.0 Å². The molecule has 0 bridgehead atoms. The van der Waals surface area contributed by atoms with Crippen molar-refractivity contribution in [2.24, 2.45) is 5.92 Å². The van der Waals surface area contributed by atoms with E-state index >= 15 is 0 Å². The van der Waals surface area contributed by atoms with Gasteiger partial charge in [0.05, 0.1) is 33.0 Å². The van der Waals surface area contributed by atoms with Crippen LogP contribution >= 0.6 is 0 Å². The Bertz CT molecular complexity index is 290. The Balaban J connectivity index is 3.23. The monoisotopic (exact) mass is 318 g/mol. The van der Waals surface area contributed by atoms with E-state index in [0.29, 0.717) is 33.0 Å². The topological polar surface area (TPSA) is 71.1 Å². The highest BCUT2D eigenvalue weighted by atomic mass is 16.6. The number of Topliss-reactive ketones (excluding diaryl/α,β-unsaturated/α-hetero) is 1. The first-order chi connectivity index (χ1) is 10.6.